The lowest BCUT2D eigenvalue weighted by Gasteiger charge is -2.22. The maximum atomic E-state index is 12.3. The van der Waals surface area contributed by atoms with Crippen LogP contribution in [0.4, 0.5) is 24.7 Å². The predicted molar refractivity (Wildman–Crippen MR) is 84.4 cm³/mol. The predicted octanol–water partition coefficient (Wildman–Crippen LogP) is 2.57. The molecular weight excluding hydrogens is 329 g/mol. The van der Waals surface area contributed by atoms with Crippen LogP contribution in [0.5, 0.6) is 5.88 Å². The number of nitro groups is 1. The Balaban J connectivity index is 3.22. The molecule has 10 heteroatoms. The minimum atomic E-state index is -4.62. The second-order valence-electron chi connectivity index (χ2n) is 5.32. The van der Waals surface area contributed by atoms with E-state index in [9.17, 15) is 23.3 Å². The molecule has 134 valence electrons. The zero-order valence-electron chi connectivity index (χ0n) is 13.6. The smallest absolute Gasteiger partial charge is 0.422 e. The zero-order valence-corrected chi connectivity index (χ0v) is 13.6. The van der Waals surface area contributed by atoms with Gasteiger partial charge >= 0.3 is 11.9 Å². The van der Waals surface area contributed by atoms with E-state index in [1.807, 2.05) is 19.0 Å². The molecule has 0 atom stereocenters. The van der Waals surface area contributed by atoms with Gasteiger partial charge in [-0.05, 0) is 14.1 Å². The first-order valence-electron chi connectivity index (χ1n) is 6.92. The molecule has 0 aliphatic heterocycles. The molecule has 0 spiro atoms. The Morgan fingerprint density at radius 2 is 2.00 bits per heavy atom. The maximum absolute atomic E-state index is 12.3. The molecule has 0 aliphatic carbocycles. The fraction of sp³-hybridized carbons (Fsp3) is 0.500. The first-order valence-corrected chi connectivity index (χ1v) is 6.92. The zero-order chi connectivity index (χ0) is 18.5. The molecule has 0 aliphatic rings. The van der Waals surface area contributed by atoms with Crippen molar-refractivity contribution in [1.29, 1.82) is 0 Å². The van der Waals surface area contributed by atoms with Gasteiger partial charge < -0.3 is 14.5 Å². The number of ether oxygens (including phenoxy) is 1. The molecule has 0 amide bonds. The van der Waals surface area contributed by atoms with Crippen LogP contribution in [-0.4, -0.2) is 61.8 Å². The first kappa shape index (κ1) is 19.7. The van der Waals surface area contributed by atoms with E-state index in [1.54, 1.807) is 11.9 Å². The monoisotopic (exact) mass is 348 g/mol. The molecule has 24 heavy (non-hydrogen) atoms. The van der Waals surface area contributed by atoms with Crippen LogP contribution in [-0.2, 0) is 0 Å². The van der Waals surface area contributed by atoms with Crippen LogP contribution in [0.3, 0.4) is 0 Å². The minimum absolute atomic E-state index is 0.259. The highest BCUT2D eigenvalue weighted by atomic mass is 19.4. The number of hydrogen-bond acceptors (Lipinski definition) is 6. The van der Waals surface area contributed by atoms with Gasteiger partial charge in [0.15, 0.2) is 6.61 Å². The third kappa shape index (κ3) is 5.69. The van der Waals surface area contributed by atoms with E-state index in [-0.39, 0.29) is 5.82 Å². The molecule has 0 bridgehead atoms. The second-order valence-corrected chi connectivity index (χ2v) is 5.32. The van der Waals surface area contributed by atoms with Crippen LogP contribution < -0.4 is 9.64 Å². The van der Waals surface area contributed by atoms with Crippen LogP contribution in [0, 0.1) is 10.1 Å². The Morgan fingerprint density at radius 1 is 1.38 bits per heavy atom. The van der Waals surface area contributed by atoms with Crippen molar-refractivity contribution in [1.82, 2.24) is 9.88 Å². The van der Waals surface area contributed by atoms with Gasteiger partial charge in [0.05, 0.1) is 4.92 Å². The maximum Gasteiger partial charge on any atom is 0.422 e. The number of nitrogens with zero attached hydrogens (tertiary/aromatic N) is 4. The topological polar surface area (TPSA) is 71.7 Å². The summed E-state index contributed by atoms with van der Waals surface area (Å²) in [7, 11) is 5.41. The van der Waals surface area contributed by atoms with E-state index in [2.05, 4.69) is 16.3 Å². The third-order valence-corrected chi connectivity index (χ3v) is 3.01. The van der Waals surface area contributed by atoms with Crippen molar-refractivity contribution in [3.63, 3.8) is 0 Å². The highest BCUT2D eigenvalue weighted by Gasteiger charge is 2.31. The summed E-state index contributed by atoms with van der Waals surface area (Å²) in [6.45, 7) is 3.07. The Kier molecular flexibility index (Phi) is 6.52. The largest absolute Gasteiger partial charge is 0.463 e. The van der Waals surface area contributed by atoms with E-state index >= 15 is 0 Å². The number of pyridine rings is 1. The Hall–Kier alpha value is -2.36. The number of anilines is 1. The summed E-state index contributed by atoms with van der Waals surface area (Å²) in [5.41, 5.74) is -0.304. The van der Waals surface area contributed by atoms with E-state index in [0.29, 0.717) is 18.7 Å². The van der Waals surface area contributed by atoms with E-state index < -0.39 is 29.3 Å². The van der Waals surface area contributed by atoms with Gasteiger partial charge in [0.25, 0.3) is 5.88 Å². The number of halogens is 3. The molecule has 0 radical (unpaired) electrons. The van der Waals surface area contributed by atoms with Gasteiger partial charge in [0, 0.05) is 31.8 Å². The molecule has 0 aromatic carbocycles. The van der Waals surface area contributed by atoms with E-state index in [4.69, 9.17) is 0 Å². The fourth-order valence-corrected chi connectivity index (χ4v) is 1.79. The molecule has 1 aromatic heterocycles. The van der Waals surface area contributed by atoms with Crippen molar-refractivity contribution >= 4 is 17.6 Å². The molecule has 1 aromatic rings. The van der Waals surface area contributed by atoms with E-state index in [0.717, 1.165) is 6.07 Å². The van der Waals surface area contributed by atoms with Crippen molar-refractivity contribution in [3.05, 3.63) is 28.3 Å². The standard InChI is InChI=1S/C14H19F3N4O3/c1-5-10-8-11(21(22)23)13(24-9-14(15,16)17)18-12(10)20(4)7-6-19(2)3/h5,8H,1,6-7,9H2,2-4H3. The Bertz CT molecular complexity index is 606. The fourth-order valence-electron chi connectivity index (χ4n) is 1.79. The van der Waals surface area contributed by atoms with Gasteiger partial charge in [0.1, 0.15) is 5.82 Å². The molecule has 1 rings (SSSR count). The third-order valence-electron chi connectivity index (χ3n) is 3.01. The van der Waals surface area contributed by atoms with Crippen LogP contribution in [0.15, 0.2) is 12.6 Å². The normalized spacial score (nSPS) is 11.5. The summed E-state index contributed by atoms with van der Waals surface area (Å²) in [5.74, 6) is -0.413. The molecule has 0 fully saturated rings. The van der Waals surface area contributed by atoms with Crippen molar-refractivity contribution in [2.24, 2.45) is 0 Å². The SMILES string of the molecule is C=Cc1cc([N+](=O)[O-])c(OCC(F)(F)F)nc1N(C)CCN(C)C. The Labute approximate surface area is 137 Å². The average molecular weight is 348 g/mol. The number of aromatic nitrogens is 1. The lowest BCUT2D eigenvalue weighted by atomic mass is 10.2. The summed E-state index contributed by atoms with van der Waals surface area (Å²) in [5, 5.41) is 11.1. The number of hydrogen-bond donors (Lipinski definition) is 0. The lowest BCUT2D eigenvalue weighted by Crippen LogP contribution is -2.29. The van der Waals surface area contributed by atoms with Crippen LogP contribution in [0.1, 0.15) is 5.56 Å². The molecule has 7 nitrogen and oxygen atoms in total. The summed E-state index contributed by atoms with van der Waals surface area (Å²) in [6, 6.07) is 1.10. The molecule has 1 heterocycles. The van der Waals surface area contributed by atoms with E-state index in [1.165, 1.54) is 6.08 Å². The summed E-state index contributed by atoms with van der Waals surface area (Å²) < 4.78 is 41.5. The van der Waals surface area contributed by atoms with Gasteiger partial charge in [-0.1, -0.05) is 12.7 Å². The quantitative estimate of drug-likeness (QED) is 0.531. The van der Waals surface area contributed by atoms with Crippen molar-refractivity contribution in [2.45, 2.75) is 6.18 Å². The highest BCUT2D eigenvalue weighted by molar-refractivity contribution is 5.67. The molecular formula is C14H19F3N4O3. The molecule has 0 N–H and O–H groups in total. The van der Waals surface area contributed by atoms with Gasteiger partial charge in [-0.25, -0.2) is 0 Å². The first-order chi connectivity index (χ1) is 11.0. The van der Waals surface area contributed by atoms with Crippen LogP contribution in [0.25, 0.3) is 6.08 Å². The highest BCUT2D eigenvalue weighted by Crippen LogP contribution is 2.32. The minimum Gasteiger partial charge on any atom is -0.463 e. The van der Waals surface area contributed by atoms with Crippen molar-refractivity contribution in [3.8, 4) is 5.88 Å². The molecule has 0 saturated heterocycles. The average Bonchev–Trinajstić information content (AvgIpc) is 2.48. The second kappa shape index (κ2) is 7.95. The van der Waals surface area contributed by atoms with Gasteiger partial charge in [-0.3, -0.25) is 10.1 Å². The van der Waals surface area contributed by atoms with Gasteiger partial charge in [-0.2, -0.15) is 18.2 Å². The van der Waals surface area contributed by atoms with Crippen LogP contribution in [0.2, 0.25) is 0 Å². The number of likely N-dealkylation sites (N-methyl/N-ethyl adjacent to an activating group) is 2. The molecule has 0 saturated carbocycles. The lowest BCUT2D eigenvalue weighted by molar-refractivity contribution is -0.386. The molecule has 0 unspecified atom stereocenters. The summed E-state index contributed by atoms with van der Waals surface area (Å²) >= 11 is 0. The Morgan fingerprint density at radius 3 is 2.46 bits per heavy atom. The van der Waals surface area contributed by atoms with Gasteiger partial charge in [-0.15, -0.1) is 0 Å². The summed E-state index contributed by atoms with van der Waals surface area (Å²) in [6.07, 6.45) is -3.27. The van der Waals surface area contributed by atoms with Crippen molar-refractivity contribution < 1.29 is 22.8 Å². The number of rotatable bonds is 8. The van der Waals surface area contributed by atoms with Crippen LogP contribution >= 0.6 is 0 Å². The number of alkyl halides is 3. The summed E-state index contributed by atoms with van der Waals surface area (Å²) in [4.78, 5) is 17.7. The van der Waals surface area contributed by atoms with Gasteiger partial charge in [0.2, 0.25) is 0 Å². The van der Waals surface area contributed by atoms with Crippen molar-refractivity contribution in [2.75, 3.05) is 45.7 Å².